The van der Waals surface area contributed by atoms with Gasteiger partial charge in [-0.2, -0.15) is 0 Å². The summed E-state index contributed by atoms with van der Waals surface area (Å²) >= 11 is 0. The third kappa shape index (κ3) is 4.71. The van der Waals surface area contributed by atoms with Gasteiger partial charge in [0.05, 0.1) is 12.2 Å². The zero-order valence-electron chi connectivity index (χ0n) is 14.3. The second-order valence-corrected chi connectivity index (χ2v) is 7.10. The number of hydrogen-bond donors (Lipinski definition) is 3. The minimum absolute atomic E-state index is 0.0386. The molecule has 5 nitrogen and oxygen atoms in total. The minimum atomic E-state index is -0.408. The lowest BCUT2D eigenvalue weighted by Crippen LogP contribution is -2.43. The average molecular weight is 332 g/mol. The summed E-state index contributed by atoms with van der Waals surface area (Å²) < 4.78 is 5.98. The third-order valence-electron chi connectivity index (χ3n) is 5.01. The van der Waals surface area contributed by atoms with Crippen molar-refractivity contribution in [2.45, 2.75) is 44.8 Å². The fourth-order valence-electron chi connectivity index (χ4n) is 3.31. The van der Waals surface area contributed by atoms with Crippen LogP contribution in [0.15, 0.2) is 24.3 Å². The van der Waals surface area contributed by atoms with Gasteiger partial charge < -0.3 is 20.5 Å². The van der Waals surface area contributed by atoms with Gasteiger partial charge in [-0.3, -0.25) is 0 Å². The first-order chi connectivity index (χ1) is 11.6. The Morgan fingerprint density at radius 3 is 2.71 bits per heavy atom. The molecule has 3 N–H and O–H groups in total. The van der Waals surface area contributed by atoms with Crippen LogP contribution in [0.1, 0.15) is 42.9 Å². The average Bonchev–Trinajstić information content (AvgIpc) is 3.44. The molecule has 3 rings (SSSR count). The maximum atomic E-state index is 11.9. The molecule has 1 saturated carbocycles. The van der Waals surface area contributed by atoms with Crippen LogP contribution in [0.5, 0.6) is 0 Å². The standard InChI is InChI=1S/C19H28N2O3/c1-13-4-6-15(7-5-13)18-16(3-2-10-24-18)11-20-19(23)21-12-17(22)14-8-9-14/h4-7,14,16-18,22H,2-3,8-12H2,1H3,(H2,20,21,23)/t16-,17-,18-/m0/s1. The van der Waals surface area contributed by atoms with Crippen LogP contribution in [-0.4, -0.2) is 36.9 Å². The third-order valence-corrected chi connectivity index (χ3v) is 5.01. The fourth-order valence-corrected chi connectivity index (χ4v) is 3.31. The number of benzene rings is 1. The van der Waals surface area contributed by atoms with E-state index in [0.29, 0.717) is 19.0 Å². The normalized spacial score (nSPS) is 25.1. The molecule has 2 fully saturated rings. The minimum Gasteiger partial charge on any atom is -0.391 e. The molecule has 1 heterocycles. The number of ether oxygens (including phenoxy) is 1. The summed E-state index contributed by atoms with van der Waals surface area (Å²) in [4.78, 5) is 11.9. The van der Waals surface area contributed by atoms with Crippen molar-refractivity contribution in [1.29, 1.82) is 0 Å². The number of rotatable bonds is 6. The zero-order valence-corrected chi connectivity index (χ0v) is 14.3. The molecular weight excluding hydrogens is 304 g/mol. The van der Waals surface area contributed by atoms with Crippen LogP contribution in [0.25, 0.3) is 0 Å². The van der Waals surface area contributed by atoms with E-state index in [1.807, 2.05) is 0 Å². The molecular formula is C19H28N2O3. The van der Waals surface area contributed by atoms with E-state index in [1.54, 1.807) is 0 Å². The van der Waals surface area contributed by atoms with Gasteiger partial charge in [-0.05, 0) is 44.1 Å². The second-order valence-electron chi connectivity index (χ2n) is 7.10. The number of urea groups is 1. The highest BCUT2D eigenvalue weighted by molar-refractivity contribution is 5.73. The van der Waals surface area contributed by atoms with Crippen molar-refractivity contribution in [3.63, 3.8) is 0 Å². The molecule has 1 aliphatic carbocycles. The first-order valence-corrected chi connectivity index (χ1v) is 9.01. The molecule has 0 aromatic heterocycles. The van der Waals surface area contributed by atoms with Crippen molar-refractivity contribution in [3.8, 4) is 0 Å². The maximum Gasteiger partial charge on any atom is 0.314 e. The maximum absolute atomic E-state index is 11.9. The van der Waals surface area contributed by atoms with Crippen molar-refractivity contribution in [2.24, 2.45) is 11.8 Å². The van der Waals surface area contributed by atoms with Crippen molar-refractivity contribution in [3.05, 3.63) is 35.4 Å². The van der Waals surface area contributed by atoms with Gasteiger partial charge in [0.1, 0.15) is 0 Å². The van der Waals surface area contributed by atoms with Crippen LogP contribution >= 0.6 is 0 Å². The molecule has 0 spiro atoms. The predicted octanol–water partition coefficient (Wildman–Crippen LogP) is 2.53. The molecule has 1 aromatic rings. The summed E-state index contributed by atoms with van der Waals surface area (Å²) in [5.41, 5.74) is 2.41. The van der Waals surface area contributed by atoms with Crippen LogP contribution in [0.2, 0.25) is 0 Å². The first kappa shape index (κ1) is 17.2. The molecule has 0 unspecified atom stereocenters. The summed E-state index contributed by atoms with van der Waals surface area (Å²) in [5.74, 6) is 0.656. The van der Waals surface area contributed by atoms with E-state index in [2.05, 4.69) is 41.8 Å². The van der Waals surface area contributed by atoms with Crippen molar-refractivity contribution >= 4 is 6.03 Å². The molecule has 1 aliphatic heterocycles. The Bertz CT molecular complexity index is 542. The van der Waals surface area contributed by atoms with Gasteiger partial charge in [0, 0.05) is 25.6 Å². The molecule has 1 saturated heterocycles. The summed E-state index contributed by atoms with van der Waals surface area (Å²) in [6.07, 6.45) is 3.84. The molecule has 3 atom stereocenters. The van der Waals surface area contributed by atoms with E-state index < -0.39 is 6.10 Å². The lowest BCUT2D eigenvalue weighted by Gasteiger charge is -2.32. The van der Waals surface area contributed by atoms with Gasteiger partial charge in [0.2, 0.25) is 0 Å². The first-order valence-electron chi connectivity index (χ1n) is 9.01. The van der Waals surface area contributed by atoms with Crippen LogP contribution in [0.3, 0.4) is 0 Å². The Balaban J connectivity index is 1.48. The molecule has 1 aromatic carbocycles. The number of aliphatic hydroxyl groups is 1. The lowest BCUT2D eigenvalue weighted by molar-refractivity contribution is -0.0269. The molecule has 132 valence electrons. The molecule has 0 radical (unpaired) electrons. The largest absolute Gasteiger partial charge is 0.391 e. The van der Waals surface area contributed by atoms with Crippen LogP contribution in [0.4, 0.5) is 4.79 Å². The van der Waals surface area contributed by atoms with Crippen LogP contribution < -0.4 is 10.6 Å². The predicted molar refractivity (Wildman–Crippen MR) is 92.7 cm³/mol. The molecule has 24 heavy (non-hydrogen) atoms. The Morgan fingerprint density at radius 1 is 1.25 bits per heavy atom. The highest BCUT2D eigenvalue weighted by Gasteiger charge is 2.30. The SMILES string of the molecule is Cc1ccc([C@@H]2OCCC[C@H]2CNC(=O)NC[C@H](O)C2CC2)cc1. The molecule has 2 aliphatic rings. The zero-order chi connectivity index (χ0) is 16.9. The Kier molecular flexibility index (Phi) is 5.74. The fraction of sp³-hybridized carbons (Fsp3) is 0.632. The molecule has 5 heteroatoms. The van der Waals surface area contributed by atoms with E-state index in [-0.39, 0.29) is 18.1 Å². The summed E-state index contributed by atoms with van der Waals surface area (Å²) in [5, 5.41) is 15.5. The molecule has 2 amide bonds. The number of carbonyl (C=O) groups excluding carboxylic acids is 1. The van der Waals surface area contributed by atoms with Crippen molar-refractivity contribution in [1.82, 2.24) is 10.6 Å². The van der Waals surface area contributed by atoms with E-state index in [1.165, 1.54) is 11.1 Å². The number of carbonyl (C=O) groups is 1. The van der Waals surface area contributed by atoms with Gasteiger partial charge in [-0.1, -0.05) is 29.8 Å². The smallest absolute Gasteiger partial charge is 0.314 e. The summed E-state index contributed by atoms with van der Waals surface area (Å²) in [6, 6.07) is 8.23. The number of hydrogen-bond acceptors (Lipinski definition) is 3. The number of aliphatic hydroxyl groups excluding tert-OH is 1. The van der Waals surface area contributed by atoms with E-state index in [4.69, 9.17) is 4.74 Å². The van der Waals surface area contributed by atoms with E-state index >= 15 is 0 Å². The van der Waals surface area contributed by atoms with Crippen LogP contribution in [0, 0.1) is 18.8 Å². The highest BCUT2D eigenvalue weighted by Crippen LogP contribution is 2.33. The second kappa shape index (κ2) is 7.99. The quantitative estimate of drug-likeness (QED) is 0.750. The van der Waals surface area contributed by atoms with E-state index in [0.717, 1.165) is 32.3 Å². The van der Waals surface area contributed by atoms with Gasteiger partial charge in [-0.15, -0.1) is 0 Å². The molecule has 0 bridgehead atoms. The number of nitrogens with one attached hydrogen (secondary N) is 2. The monoisotopic (exact) mass is 332 g/mol. The van der Waals surface area contributed by atoms with Gasteiger partial charge in [0.15, 0.2) is 0 Å². The number of amides is 2. The Hall–Kier alpha value is -1.59. The van der Waals surface area contributed by atoms with Gasteiger partial charge in [0.25, 0.3) is 0 Å². The lowest BCUT2D eigenvalue weighted by atomic mass is 9.89. The number of aryl methyl sites for hydroxylation is 1. The van der Waals surface area contributed by atoms with Gasteiger partial charge >= 0.3 is 6.03 Å². The summed E-state index contributed by atoms with van der Waals surface area (Å²) in [6.45, 7) is 3.77. The van der Waals surface area contributed by atoms with Crippen molar-refractivity contribution < 1.29 is 14.6 Å². The topological polar surface area (TPSA) is 70.6 Å². The highest BCUT2D eigenvalue weighted by atomic mass is 16.5. The Labute approximate surface area is 143 Å². The van der Waals surface area contributed by atoms with Crippen LogP contribution in [-0.2, 0) is 4.74 Å². The van der Waals surface area contributed by atoms with Gasteiger partial charge in [-0.25, -0.2) is 4.79 Å². The van der Waals surface area contributed by atoms with E-state index in [9.17, 15) is 9.90 Å². The summed E-state index contributed by atoms with van der Waals surface area (Å²) in [7, 11) is 0. The van der Waals surface area contributed by atoms with Crippen molar-refractivity contribution in [2.75, 3.05) is 19.7 Å². The Morgan fingerprint density at radius 2 is 2.00 bits per heavy atom.